The molecule has 1 saturated heterocycles. The van der Waals surface area contributed by atoms with E-state index in [2.05, 4.69) is 50.0 Å². The molecule has 0 unspecified atom stereocenters. The van der Waals surface area contributed by atoms with Crippen LogP contribution in [0.4, 0.5) is 0 Å². The smallest absolute Gasteiger partial charge is 0.123 e. The number of benzene rings is 1. The van der Waals surface area contributed by atoms with Crippen molar-refractivity contribution in [1.29, 1.82) is 0 Å². The lowest BCUT2D eigenvalue weighted by Crippen LogP contribution is -2.43. The lowest BCUT2D eigenvalue weighted by molar-refractivity contribution is 0.232. The monoisotopic (exact) mass is 290 g/mol. The van der Waals surface area contributed by atoms with E-state index < -0.39 is 0 Å². The molecular weight excluding hydrogens is 260 g/mol. The van der Waals surface area contributed by atoms with E-state index in [9.17, 15) is 0 Å². The van der Waals surface area contributed by atoms with E-state index in [4.69, 9.17) is 4.74 Å². The van der Waals surface area contributed by atoms with Gasteiger partial charge in [-0.1, -0.05) is 26.8 Å². The SMILES string of the molecule is CCCOc1cc(C)c(CN2CCNCC2)cc1C(C)C. The van der Waals surface area contributed by atoms with Crippen LogP contribution in [0.3, 0.4) is 0 Å². The number of rotatable bonds is 6. The van der Waals surface area contributed by atoms with Crippen LogP contribution in [0.15, 0.2) is 12.1 Å². The van der Waals surface area contributed by atoms with Gasteiger partial charge in [0, 0.05) is 32.7 Å². The van der Waals surface area contributed by atoms with Crippen LogP contribution in [-0.2, 0) is 6.54 Å². The zero-order chi connectivity index (χ0) is 15.2. The predicted octanol–water partition coefficient (Wildman–Crippen LogP) is 3.31. The Morgan fingerprint density at radius 3 is 2.57 bits per heavy atom. The van der Waals surface area contributed by atoms with Gasteiger partial charge in [0.2, 0.25) is 0 Å². The molecule has 118 valence electrons. The first-order valence-electron chi connectivity index (χ1n) is 8.31. The first kappa shape index (κ1) is 16.3. The maximum atomic E-state index is 5.95. The van der Waals surface area contributed by atoms with Gasteiger partial charge in [-0.3, -0.25) is 4.90 Å². The molecule has 0 saturated carbocycles. The number of nitrogens with zero attached hydrogens (tertiary/aromatic N) is 1. The van der Waals surface area contributed by atoms with Crippen LogP contribution in [0.25, 0.3) is 0 Å². The van der Waals surface area contributed by atoms with Gasteiger partial charge in [0.1, 0.15) is 5.75 Å². The summed E-state index contributed by atoms with van der Waals surface area (Å²) in [4.78, 5) is 2.54. The van der Waals surface area contributed by atoms with Gasteiger partial charge in [-0.25, -0.2) is 0 Å². The van der Waals surface area contributed by atoms with Crippen LogP contribution in [-0.4, -0.2) is 37.7 Å². The van der Waals surface area contributed by atoms with Gasteiger partial charge in [-0.15, -0.1) is 0 Å². The highest BCUT2D eigenvalue weighted by atomic mass is 16.5. The number of ether oxygens (including phenoxy) is 1. The van der Waals surface area contributed by atoms with E-state index in [1.165, 1.54) is 16.7 Å². The van der Waals surface area contributed by atoms with Crippen molar-refractivity contribution in [2.75, 3.05) is 32.8 Å². The van der Waals surface area contributed by atoms with Gasteiger partial charge >= 0.3 is 0 Å². The first-order chi connectivity index (χ1) is 10.1. The highest BCUT2D eigenvalue weighted by molar-refractivity contribution is 5.44. The van der Waals surface area contributed by atoms with Gasteiger partial charge in [0.05, 0.1) is 6.61 Å². The maximum absolute atomic E-state index is 5.95. The molecule has 0 aliphatic carbocycles. The molecule has 3 nitrogen and oxygen atoms in total. The van der Waals surface area contributed by atoms with Gasteiger partial charge in [-0.05, 0) is 42.0 Å². The van der Waals surface area contributed by atoms with Crippen LogP contribution in [0.5, 0.6) is 5.75 Å². The Labute approximate surface area is 129 Å². The molecule has 0 aromatic heterocycles. The van der Waals surface area contributed by atoms with Crippen molar-refractivity contribution < 1.29 is 4.74 Å². The summed E-state index contributed by atoms with van der Waals surface area (Å²) < 4.78 is 5.95. The summed E-state index contributed by atoms with van der Waals surface area (Å²) in [5.74, 6) is 1.58. The molecule has 1 heterocycles. The fraction of sp³-hybridized carbons (Fsp3) is 0.667. The summed E-state index contributed by atoms with van der Waals surface area (Å²) in [6.45, 7) is 15.2. The molecule has 0 bridgehead atoms. The van der Waals surface area contributed by atoms with Crippen molar-refractivity contribution >= 4 is 0 Å². The summed E-state index contributed by atoms with van der Waals surface area (Å²) in [5, 5.41) is 3.42. The summed E-state index contributed by atoms with van der Waals surface area (Å²) >= 11 is 0. The van der Waals surface area contributed by atoms with E-state index in [0.29, 0.717) is 5.92 Å². The quantitative estimate of drug-likeness (QED) is 0.870. The van der Waals surface area contributed by atoms with Crippen molar-refractivity contribution in [2.45, 2.75) is 46.6 Å². The van der Waals surface area contributed by atoms with Crippen molar-refractivity contribution in [3.63, 3.8) is 0 Å². The first-order valence-corrected chi connectivity index (χ1v) is 8.31. The van der Waals surface area contributed by atoms with Crippen molar-refractivity contribution in [3.8, 4) is 5.75 Å². The van der Waals surface area contributed by atoms with Crippen LogP contribution >= 0.6 is 0 Å². The van der Waals surface area contributed by atoms with Crippen molar-refractivity contribution in [1.82, 2.24) is 10.2 Å². The molecule has 0 amide bonds. The Morgan fingerprint density at radius 2 is 1.95 bits per heavy atom. The Hall–Kier alpha value is -1.06. The predicted molar refractivity (Wildman–Crippen MR) is 89.2 cm³/mol. The molecule has 1 aliphatic rings. The number of aryl methyl sites for hydroxylation is 1. The van der Waals surface area contributed by atoms with Crippen molar-refractivity contribution in [2.24, 2.45) is 0 Å². The van der Waals surface area contributed by atoms with Gasteiger partial charge in [0.15, 0.2) is 0 Å². The lowest BCUT2D eigenvalue weighted by Gasteiger charge is -2.28. The van der Waals surface area contributed by atoms with Crippen LogP contribution in [0.1, 0.15) is 49.8 Å². The summed E-state index contributed by atoms with van der Waals surface area (Å²) in [7, 11) is 0. The minimum atomic E-state index is 0.499. The average molecular weight is 290 g/mol. The fourth-order valence-electron chi connectivity index (χ4n) is 2.81. The number of nitrogens with one attached hydrogen (secondary N) is 1. The number of hydrogen-bond acceptors (Lipinski definition) is 3. The molecule has 1 aromatic rings. The molecule has 1 fully saturated rings. The highest BCUT2D eigenvalue weighted by Crippen LogP contribution is 2.30. The second-order valence-corrected chi connectivity index (χ2v) is 6.35. The summed E-state index contributed by atoms with van der Waals surface area (Å²) in [6.07, 6.45) is 1.05. The van der Waals surface area contributed by atoms with E-state index in [-0.39, 0.29) is 0 Å². The number of piperazine rings is 1. The molecule has 2 rings (SSSR count). The lowest BCUT2D eigenvalue weighted by atomic mass is 9.96. The fourth-order valence-corrected chi connectivity index (χ4v) is 2.81. The maximum Gasteiger partial charge on any atom is 0.123 e. The van der Waals surface area contributed by atoms with E-state index in [1.54, 1.807) is 0 Å². The molecule has 0 spiro atoms. The summed E-state index contributed by atoms with van der Waals surface area (Å²) in [6, 6.07) is 4.61. The Morgan fingerprint density at radius 1 is 1.24 bits per heavy atom. The minimum absolute atomic E-state index is 0.499. The van der Waals surface area contributed by atoms with E-state index in [0.717, 1.165) is 51.5 Å². The van der Waals surface area contributed by atoms with Crippen LogP contribution in [0, 0.1) is 6.92 Å². The topological polar surface area (TPSA) is 24.5 Å². The third kappa shape index (κ3) is 4.45. The zero-order valence-electron chi connectivity index (χ0n) is 14.0. The summed E-state index contributed by atoms with van der Waals surface area (Å²) in [5.41, 5.74) is 4.15. The van der Waals surface area contributed by atoms with Gasteiger partial charge < -0.3 is 10.1 Å². The van der Waals surface area contributed by atoms with Gasteiger partial charge in [0.25, 0.3) is 0 Å². The third-order valence-corrected chi connectivity index (χ3v) is 4.16. The number of hydrogen-bond donors (Lipinski definition) is 1. The average Bonchev–Trinajstić information content (AvgIpc) is 2.48. The molecule has 3 heteroatoms. The standard InChI is InChI=1S/C18H30N2O/c1-5-10-21-18-11-15(4)16(12-17(18)14(2)3)13-20-8-6-19-7-9-20/h11-12,14,19H,5-10,13H2,1-4H3. The molecule has 1 N–H and O–H groups in total. The minimum Gasteiger partial charge on any atom is -0.493 e. The van der Waals surface area contributed by atoms with Crippen LogP contribution < -0.4 is 10.1 Å². The molecule has 0 radical (unpaired) electrons. The molecule has 1 aromatic carbocycles. The third-order valence-electron chi connectivity index (χ3n) is 4.16. The Kier molecular flexibility index (Phi) is 6.07. The zero-order valence-corrected chi connectivity index (χ0v) is 14.0. The second-order valence-electron chi connectivity index (χ2n) is 6.35. The van der Waals surface area contributed by atoms with E-state index in [1.807, 2.05) is 0 Å². The molecular formula is C18H30N2O. The largest absolute Gasteiger partial charge is 0.493 e. The Bertz CT molecular complexity index is 451. The molecule has 0 atom stereocenters. The van der Waals surface area contributed by atoms with Crippen molar-refractivity contribution in [3.05, 3.63) is 28.8 Å². The van der Waals surface area contributed by atoms with E-state index >= 15 is 0 Å². The van der Waals surface area contributed by atoms with Crippen LogP contribution in [0.2, 0.25) is 0 Å². The molecule has 1 aliphatic heterocycles. The highest BCUT2D eigenvalue weighted by Gasteiger charge is 2.15. The second kappa shape index (κ2) is 7.81. The molecule has 21 heavy (non-hydrogen) atoms. The van der Waals surface area contributed by atoms with Gasteiger partial charge in [-0.2, -0.15) is 0 Å². The Balaban J connectivity index is 2.18. The normalized spacial score (nSPS) is 16.4.